The smallest absolute Gasteiger partial charge is 0.306 e. The van der Waals surface area contributed by atoms with Gasteiger partial charge in [0.2, 0.25) is 0 Å². The molecule has 5 nitrogen and oxygen atoms in total. The van der Waals surface area contributed by atoms with Crippen LogP contribution in [0.2, 0.25) is 0 Å². The van der Waals surface area contributed by atoms with E-state index in [-0.39, 0.29) is 25.2 Å². The molecule has 0 heterocycles. The Hall–Kier alpha value is -1.62. The second kappa shape index (κ2) is 65.7. The Kier molecular flexibility index (Phi) is 64.2. The number of carbonyl (C=O) groups excluding carboxylic acids is 2. The van der Waals surface area contributed by atoms with Crippen LogP contribution in [-0.2, 0) is 19.1 Å². The van der Waals surface area contributed by atoms with Gasteiger partial charge >= 0.3 is 11.9 Å². The monoisotopic (exact) mass is 1040 g/mol. The van der Waals surface area contributed by atoms with Crippen molar-refractivity contribution in [3.8, 4) is 0 Å². The fourth-order valence-corrected chi connectivity index (χ4v) is 10.6. The fraction of sp³-hybridized carbons (Fsp3) is 0.913. The predicted molar refractivity (Wildman–Crippen MR) is 325 cm³/mol. The molecule has 0 aliphatic carbocycles. The standard InChI is InChI=1S/C69H132O5/c1-3-5-7-9-11-13-15-17-19-21-23-25-27-29-30-31-32-33-34-35-36-37-38-40-42-44-46-48-50-52-54-56-58-60-62-64-69(72)74-67(65-70)66-73-68(71)63-61-59-57-55-53-51-49-47-45-43-41-39-28-26-24-22-20-18-16-14-12-10-8-6-4-2/h21-24,67,70H,3-20,25-66H2,1-2H3/b23-21-,24-22-. The number of rotatable bonds is 64. The van der Waals surface area contributed by atoms with Gasteiger partial charge in [0.05, 0.1) is 6.61 Å². The Morgan fingerprint density at radius 1 is 0.297 bits per heavy atom. The fourth-order valence-electron chi connectivity index (χ4n) is 10.6. The minimum atomic E-state index is -0.769. The van der Waals surface area contributed by atoms with Gasteiger partial charge < -0.3 is 14.6 Å². The van der Waals surface area contributed by atoms with E-state index in [2.05, 4.69) is 38.2 Å². The van der Waals surface area contributed by atoms with E-state index in [1.807, 2.05) is 0 Å². The lowest BCUT2D eigenvalue weighted by Gasteiger charge is -2.15. The van der Waals surface area contributed by atoms with Crippen molar-refractivity contribution in [1.29, 1.82) is 0 Å². The van der Waals surface area contributed by atoms with Gasteiger partial charge in [-0.3, -0.25) is 9.59 Å². The van der Waals surface area contributed by atoms with Crippen LogP contribution in [-0.4, -0.2) is 36.4 Å². The molecule has 1 atom stereocenters. The highest BCUT2D eigenvalue weighted by molar-refractivity contribution is 5.70. The molecular weight excluding hydrogens is 909 g/mol. The highest BCUT2D eigenvalue weighted by Crippen LogP contribution is 2.19. The predicted octanol–water partition coefficient (Wildman–Crippen LogP) is 23.2. The SMILES string of the molecule is CCCCCCCCCC/C=C\CCCCCCCCCCCCCCCCCCCCCCCCCC(=O)OC(CO)COC(=O)CCCCCCCCCCCCCCC/C=C\CCCCCCCCCC. The van der Waals surface area contributed by atoms with Crippen LogP contribution in [0.5, 0.6) is 0 Å². The molecule has 0 aromatic rings. The zero-order valence-corrected chi connectivity index (χ0v) is 50.4. The van der Waals surface area contributed by atoms with Gasteiger partial charge in [-0.15, -0.1) is 0 Å². The van der Waals surface area contributed by atoms with Crippen LogP contribution in [0.4, 0.5) is 0 Å². The number of esters is 2. The summed E-state index contributed by atoms with van der Waals surface area (Å²) in [5.74, 6) is -0.566. The first-order chi connectivity index (χ1) is 36.6. The van der Waals surface area contributed by atoms with Gasteiger partial charge in [-0.2, -0.15) is 0 Å². The van der Waals surface area contributed by atoms with Crippen molar-refractivity contribution in [3.63, 3.8) is 0 Å². The molecule has 438 valence electrons. The number of hydrogen-bond donors (Lipinski definition) is 1. The second-order valence-corrected chi connectivity index (χ2v) is 23.3. The van der Waals surface area contributed by atoms with Gasteiger partial charge in [0.15, 0.2) is 6.10 Å². The van der Waals surface area contributed by atoms with Crippen molar-refractivity contribution in [3.05, 3.63) is 24.3 Å². The van der Waals surface area contributed by atoms with Crippen LogP contribution < -0.4 is 0 Å². The summed E-state index contributed by atoms with van der Waals surface area (Å²) in [5, 5.41) is 9.69. The topological polar surface area (TPSA) is 72.8 Å². The summed E-state index contributed by atoms with van der Waals surface area (Å²) in [7, 11) is 0. The summed E-state index contributed by atoms with van der Waals surface area (Å²) in [4.78, 5) is 24.6. The van der Waals surface area contributed by atoms with Gasteiger partial charge in [0.1, 0.15) is 6.61 Å². The zero-order chi connectivity index (χ0) is 53.4. The number of allylic oxidation sites excluding steroid dienone is 4. The third-order valence-electron chi connectivity index (χ3n) is 15.7. The lowest BCUT2D eigenvalue weighted by atomic mass is 10.0. The summed E-state index contributed by atoms with van der Waals surface area (Å²) in [6.07, 6.45) is 85.0. The molecule has 1 N–H and O–H groups in total. The molecule has 0 saturated heterocycles. The van der Waals surface area contributed by atoms with E-state index in [1.165, 1.54) is 321 Å². The van der Waals surface area contributed by atoms with E-state index in [0.717, 1.165) is 38.5 Å². The van der Waals surface area contributed by atoms with Crippen LogP contribution in [0, 0.1) is 0 Å². The first-order valence-corrected chi connectivity index (χ1v) is 33.9. The lowest BCUT2D eigenvalue weighted by Crippen LogP contribution is -2.28. The van der Waals surface area contributed by atoms with Gasteiger partial charge in [-0.1, -0.05) is 334 Å². The minimum absolute atomic E-state index is 0.0591. The molecule has 1 unspecified atom stereocenters. The number of carbonyl (C=O) groups is 2. The summed E-state index contributed by atoms with van der Waals surface area (Å²) < 4.78 is 10.8. The van der Waals surface area contributed by atoms with E-state index in [1.54, 1.807) is 0 Å². The Morgan fingerprint density at radius 2 is 0.500 bits per heavy atom. The minimum Gasteiger partial charge on any atom is -0.462 e. The molecule has 0 saturated carbocycles. The maximum Gasteiger partial charge on any atom is 0.306 e. The summed E-state index contributed by atoms with van der Waals surface area (Å²) in [6.45, 7) is 4.20. The molecule has 0 aromatic carbocycles. The molecule has 0 rings (SSSR count). The average Bonchev–Trinajstić information content (AvgIpc) is 3.40. The van der Waals surface area contributed by atoms with Crippen LogP contribution in [0.3, 0.4) is 0 Å². The average molecular weight is 1040 g/mol. The lowest BCUT2D eigenvalue weighted by molar-refractivity contribution is -0.161. The maximum absolute atomic E-state index is 12.4. The van der Waals surface area contributed by atoms with E-state index < -0.39 is 6.10 Å². The van der Waals surface area contributed by atoms with E-state index in [4.69, 9.17) is 9.47 Å². The molecular formula is C69H132O5. The van der Waals surface area contributed by atoms with Gasteiger partial charge in [0, 0.05) is 12.8 Å². The molecule has 0 aliphatic rings. The first-order valence-electron chi connectivity index (χ1n) is 33.9. The normalized spacial score (nSPS) is 12.2. The van der Waals surface area contributed by atoms with E-state index >= 15 is 0 Å². The van der Waals surface area contributed by atoms with Crippen molar-refractivity contribution in [1.82, 2.24) is 0 Å². The summed E-state index contributed by atoms with van der Waals surface area (Å²) in [6, 6.07) is 0. The van der Waals surface area contributed by atoms with Crippen molar-refractivity contribution < 1.29 is 24.2 Å². The molecule has 0 aliphatic heterocycles. The van der Waals surface area contributed by atoms with Gasteiger partial charge in [0.25, 0.3) is 0 Å². The molecule has 74 heavy (non-hydrogen) atoms. The second-order valence-electron chi connectivity index (χ2n) is 23.3. The molecule has 0 bridgehead atoms. The Bertz CT molecular complexity index is 1130. The maximum atomic E-state index is 12.4. The van der Waals surface area contributed by atoms with Crippen molar-refractivity contribution in [2.45, 2.75) is 392 Å². The Labute approximate surface area is 464 Å². The molecule has 0 amide bonds. The quantitative estimate of drug-likeness (QED) is 0.0373. The van der Waals surface area contributed by atoms with E-state index in [0.29, 0.717) is 12.8 Å². The van der Waals surface area contributed by atoms with Crippen LogP contribution >= 0.6 is 0 Å². The van der Waals surface area contributed by atoms with Crippen molar-refractivity contribution in [2.24, 2.45) is 0 Å². The Morgan fingerprint density at radius 3 is 0.730 bits per heavy atom. The molecule has 0 aromatic heterocycles. The highest BCUT2D eigenvalue weighted by Gasteiger charge is 2.16. The largest absolute Gasteiger partial charge is 0.462 e. The van der Waals surface area contributed by atoms with Crippen LogP contribution in [0.15, 0.2) is 24.3 Å². The highest BCUT2D eigenvalue weighted by atomic mass is 16.6. The van der Waals surface area contributed by atoms with Crippen LogP contribution in [0.1, 0.15) is 386 Å². The number of aliphatic hydroxyl groups is 1. The molecule has 0 fully saturated rings. The number of aliphatic hydroxyl groups excluding tert-OH is 1. The van der Waals surface area contributed by atoms with Gasteiger partial charge in [-0.05, 0) is 64.2 Å². The number of unbranched alkanes of at least 4 members (excludes halogenated alkanes) is 52. The third-order valence-corrected chi connectivity index (χ3v) is 15.7. The molecule has 5 heteroatoms. The van der Waals surface area contributed by atoms with Crippen LogP contribution in [0.25, 0.3) is 0 Å². The third kappa shape index (κ3) is 62.9. The summed E-state index contributed by atoms with van der Waals surface area (Å²) in [5.41, 5.74) is 0. The number of hydrogen-bond acceptors (Lipinski definition) is 5. The van der Waals surface area contributed by atoms with Gasteiger partial charge in [-0.25, -0.2) is 0 Å². The van der Waals surface area contributed by atoms with Crippen molar-refractivity contribution in [2.75, 3.05) is 13.2 Å². The van der Waals surface area contributed by atoms with Crippen molar-refractivity contribution >= 4 is 11.9 Å². The first kappa shape index (κ1) is 72.4. The van der Waals surface area contributed by atoms with E-state index in [9.17, 15) is 14.7 Å². The molecule has 0 spiro atoms. The summed E-state index contributed by atoms with van der Waals surface area (Å²) >= 11 is 0. The number of ether oxygens (including phenoxy) is 2. The molecule has 0 radical (unpaired) electrons. The zero-order valence-electron chi connectivity index (χ0n) is 50.4. The Balaban J connectivity index is 3.38.